The Bertz CT molecular complexity index is 937. The lowest BCUT2D eigenvalue weighted by Gasteiger charge is -2.32. The van der Waals surface area contributed by atoms with Crippen molar-refractivity contribution >= 4 is 23.4 Å². The Balaban J connectivity index is 1.63. The standard InChI is InChI=1S/C24H31N3O4/c1-3-14-9-8-12-16-20(14)25-23(31)24(16)18-17(19(26-24)13(2)28)21(29)27(22(18)30)15-10-6-4-5-7-11-15/h8-9,12-13,15,17-19,26,28H,3-7,10-11H2,1-2H3,(H,25,31)/t13?,17-,18-,19?,24?/m0/s1. The molecule has 2 saturated heterocycles. The van der Waals surface area contributed by atoms with E-state index in [0.29, 0.717) is 0 Å². The van der Waals surface area contributed by atoms with Crippen LogP contribution in [0.2, 0.25) is 0 Å². The Morgan fingerprint density at radius 2 is 1.84 bits per heavy atom. The maximum atomic E-state index is 13.9. The van der Waals surface area contributed by atoms with E-state index in [1.807, 2.05) is 25.1 Å². The maximum Gasteiger partial charge on any atom is 0.250 e. The minimum Gasteiger partial charge on any atom is -0.392 e. The van der Waals surface area contributed by atoms with Crippen molar-refractivity contribution in [1.29, 1.82) is 0 Å². The number of hydrogen-bond acceptors (Lipinski definition) is 5. The first-order valence-corrected chi connectivity index (χ1v) is 11.7. The van der Waals surface area contributed by atoms with Gasteiger partial charge in [0, 0.05) is 23.3 Å². The van der Waals surface area contributed by atoms with Crippen molar-refractivity contribution in [3.63, 3.8) is 0 Å². The smallest absolute Gasteiger partial charge is 0.250 e. The van der Waals surface area contributed by atoms with Gasteiger partial charge in [-0.15, -0.1) is 0 Å². The van der Waals surface area contributed by atoms with Gasteiger partial charge in [0.1, 0.15) is 5.54 Å². The molecule has 7 nitrogen and oxygen atoms in total. The van der Waals surface area contributed by atoms with Crippen LogP contribution in [0.4, 0.5) is 5.69 Å². The third-order valence-corrected chi connectivity index (χ3v) is 7.90. The minimum atomic E-state index is -1.32. The summed E-state index contributed by atoms with van der Waals surface area (Å²) in [6.45, 7) is 3.64. The van der Waals surface area contributed by atoms with E-state index < -0.39 is 29.5 Å². The van der Waals surface area contributed by atoms with Gasteiger partial charge < -0.3 is 10.4 Å². The molecule has 3 aliphatic heterocycles. The van der Waals surface area contributed by atoms with E-state index in [-0.39, 0.29) is 23.8 Å². The van der Waals surface area contributed by atoms with E-state index in [9.17, 15) is 19.5 Å². The Morgan fingerprint density at radius 3 is 2.48 bits per heavy atom. The molecule has 4 aliphatic rings. The van der Waals surface area contributed by atoms with Crippen molar-refractivity contribution in [3.05, 3.63) is 29.3 Å². The van der Waals surface area contributed by atoms with Crippen LogP contribution in [0.1, 0.15) is 63.5 Å². The number of hydrogen-bond donors (Lipinski definition) is 3. The molecule has 3 unspecified atom stereocenters. The summed E-state index contributed by atoms with van der Waals surface area (Å²) in [5, 5.41) is 16.8. The Kier molecular flexibility index (Phi) is 4.94. The molecule has 1 aromatic rings. The first-order valence-electron chi connectivity index (χ1n) is 11.7. The second-order valence-corrected chi connectivity index (χ2v) is 9.56. The van der Waals surface area contributed by atoms with Gasteiger partial charge in [-0.25, -0.2) is 0 Å². The number of aliphatic hydroxyl groups is 1. The van der Waals surface area contributed by atoms with Gasteiger partial charge in [-0.2, -0.15) is 0 Å². The monoisotopic (exact) mass is 425 g/mol. The lowest BCUT2D eigenvalue weighted by molar-refractivity contribution is -0.146. The third-order valence-electron chi connectivity index (χ3n) is 7.90. The lowest BCUT2D eigenvalue weighted by atomic mass is 9.76. The van der Waals surface area contributed by atoms with Crippen LogP contribution < -0.4 is 10.6 Å². The number of nitrogens with one attached hydrogen (secondary N) is 2. The molecule has 3 heterocycles. The highest BCUT2D eigenvalue weighted by molar-refractivity contribution is 6.15. The summed E-state index contributed by atoms with van der Waals surface area (Å²) < 4.78 is 0. The van der Waals surface area contributed by atoms with Crippen LogP contribution in [0.3, 0.4) is 0 Å². The average Bonchev–Trinajstić information content (AvgIpc) is 3.23. The molecule has 0 bridgehead atoms. The molecule has 3 amide bonds. The van der Waals surface area contributed by atoms with Gasteiger partial charge in [0.25, 0.3) is 0 Å². The summed E-state index contributed by atoms with van der Waals surface area (Å²) in [4.78, 5) is 42.4. The number of aryl methyl sites for hydroxylation is 1. The van der Waals surface area contributed by atoms with E-state index in [2.05, 4.69) is 10.6 Å². The zero-order chi connectivity index (χ0) is 21.9. The summed E-state index contributed by atoms with van der Waals surface area (Å²) in [5.74, 6) is -2.37. The van der Waals surface area contributed by atoms with Gasteiger partial charge in [-0.05, 0) is 31.7 Å². The van der Waals surface area contributed by atoms with Crippen molar-refractivity contribution in [2.24, 2.45) is 11.8 Å². The van der Waals surface area contributed by atoms with E-state index in [4.69, 9.17) is 0 Å². The summed E-state index contributed by atoms with van der Waals surface area (Å²) >= 11 is 0. The molecular weight excluding hydrogens is 394 g/mol. The number of carbonyl (C=O) groups is 3. The van der Waals surface area contributed by atoms with Crippen LogP contribution >= 0.6 is 0 Å². The highest BCUT2D eigenvalue weighted by Crippen LogP contribution is 2.54. The zero-order valence-electron chi connectivity index (χ0n) is 18.2. The van der Waals surface area contributed by atoms with Gasteiger partial charge in [0.2, 0.25) is 17.7 Å². The zero-order valence-corrected chi connectivity index (χ0v) is 18.2. The largest absolute Gasteiger partial charge is 0.392 e. The predicted molar refractivity (Wildman–Crippen MR) is 115 cm³/mol. The molecule has 1 saturated carbocycles. The van der Waals surface area contributed by atoms with Gasteiger partial charge in [-0.1, -0.05) is 50.8 Å². The topological polar surface area (TPSA) is 98.7 Å². The second-order valence-electron chi connectivity index (χ2n) is 9.56. The number of likely N-dealkylation sites (tertiary alicyclic amines) is 1. The summed E-state index contributed by atoms with van der Waals surface area (Å²) in [7, 11) is 0. The normalized spacial score (nSPS) is 34.1. The van der Waals surface area contributed by atoms with E-state index in [0.717, 1.165) is 61.8 Å². The first kappa shape index (κ1) is 20.6. The van der Waals surface area contributed by atoms with E-state index in [1.165, 1.54) is 4.90 Å². The van der Waals surface area contributed by atoms with Gasteiger partial charge in [-0.3, -0.25) is 24.6 Å². The summed E-state index contributed by atoms with van der Waals surface area (Å²) in [6, 6.07) is 4.98. The van der Waals surface area contributed by atoms with Crippen molar-refractivity contribution in [1.82, 2.24) is 10.2 Å². The van der Waals surface area contributed by atoms with Gasteiger partial charge in [0.15, 0.2) is 0 Å². The highest BCUT2D eigenvalue weighted by atomic mass is 16.3. The van der Waals surface area contributed by atoms with Crippen molar-refractivity contribution in [3.8, 4) is 0 Å². The van der Waals surface area contributed by atoms with Crippen molar-refractivity contribution in [2.75, 3.05) is 5.32 Å². The highest BCUT2D eigenvalue weighted by Gasteiger charge is 2.71. The number of anilines is 1. The molecule has 0 aromatic heterocycles. The molecule has 5 rings (SSSR count). The first-order chi connectivity index (χ1) is 14.9. The maximum absolute atomic E-state index is 13.9. The number of nitrogens with zero attached hydrogens (tertiary/aromatic N) is 1. The van der Waals surface area contributed by atoms with Crippen LogP contribution in [0.15, 0.2) is 18.2 Å². The molecular formula is C24H31N3O4. The Labute approximate surface area is 182 Å². The van der Waals surface area contributed by atoms with Crippen LogP contribution in [0.5, 0.6) is 0 Å². The van der Waals surface area contributed by atoms with Crippen LogP contribution in [0, 0.1) is 11.8 Å². The number of benzene rings is 1. The molecule has 5 atom stereocenters. The van der Waals surface area contributed by atoms with E-state index in [1.54, 1.807) is 6.92 Å². The number of rotatable bonds is 3. The predicted octanol–water partition coefficient (Wildman–Crippen LogP) is 2.07. The number of para-hydroxylation sites is 1. The molecule has 0 radical (unpaired) electrons. The quantitative estimate of drug-likeness (QED) is 0.509. The number of imide groups is 1. The van der Waals surface area contributed by atoms with Crippen LogP contribution in [0.25, 0.3) is 0 Å². The molecule has 31 heavy (non-hydrogen) atoms. The van der Waals surface area contributed by atoms with Crippen LogP contribution in [-0.4, -0.2) is 45.9 Å². The fraction of sp³-hybridized carbons (Fsp3) is 0.625. The van der Waals surface area contributed by atoms with Crippen LogP contribution in [-0.2, 0) is 26.3 Å². The molecule has 3 N–H and O–H groups in total. The third kappa shape index (κ3) is 2.75. The fourth-order valence-electron chi connectivity index (χ4n) is 6.43. The molecule has 1 aromatic carbocycles. The fourth-order valence-corrected chi connectivity index (χ4v) is 6.43. The van der Waals surface area contributed by atoms with Crippen molar-refractivity contribution < 1.29 is 19.5 Å². The number of aliphatic hydroxyl groups excluding tert-OH is 1. The van der Waals surface area contributed by atoms with Gasteiger partial charge >= 0.3 is 0 Å². The number of fused-ring (bicyclic) bond motifs is 4. The molecule has 166 valence electrons. The number of amides is 3. The second kappa shape index (κ2) is 7.41. The molecule has 7 heteroatoms. The minimum absolute atomic E-state index is 0.106. The Hall–Kier alpha value is -2.25. The lowest BCUT2D eigenvalue weighted by Crippen LogP contribution is -2.55. The Morgan fingerprint density at radius 1 is 1.13 bits per heavy atom. The SMILES string of the molecule is CCc1cccc2c1NC(=O)C21NC(C(C)O)[C@H]2C(=O)N(C3CCCCCC3)C(=O)[C@H]21. The summed E-state index contributed by atoms with van der Waals surface area (Å²) in [6.07, 6.45) is 5.76. The molecule has 3 fully saturated rings. The molecule has 1 aliphatic carbocycles. The summed E-state index contributed by atoms with van der Waals surface area (Å²) in [5.41, 5.74) is 1.14. The van der Waals surface area contributed by atoms with E-state index >= 15 is 0 Å². The molecule has 1 spiro atoms. The number of carbonyl (C=O) groups excluding carboxylic acids is 3. The van der Waals surface area contributed by atoms with Crippen molar-refractivity contribution in [2.45, 2.75) is 82.5 Å². The van der Waals surface area contributed by atoms with Gasteiger partial charge in [0.05, 0.1) is 17.9 Å². The average molecular weight is 426 g/mol.